The van der Waals surface area contributed by atoms with Gasteiger partial charge in [0.05, 0.1) is 11.1 Å². The molecule has 22 heavy (non-hydrogen) atoms. The fraction of sp³-hybridized carbons (Fsp3) is 0.250. The maximum atomic E-state index is 13.7. The molecule has 0 bridgehead atoms. The minimum Gasteiger partial charge on any atom is -0.329 e. The number of nitrogens with zero attached hydrogens (tertiary/aromatic N) is 3. The van der Waals surface area contributed by atoms with E-state index in [1.165, 1.54) is 17.4 Å². The van der Waals surface area contributed by atoms with Gasteiger partial charge >= 0.3 is 0 Å². The number of allylic oxidation sites excluding steroid dienone is 1. The number of rotatable bonds is 3. The van der Waals surface area contributed by atoms with Crippen molar-refractivity contribution in [2.75, 3.05) is 6.54 Å². The molecule has 114 valence electrons. The summed E-state index contributed by atoms with van der Waals surface area (Å²) in [5.74, 6) is 0.386. The summed E-state index contributed by atoms with van der Waals surface area (Å²) in [4.78, 5) is 11.2. The van der Waals surface area contributed by atoms with E-state index in [0.717, 1.165) is 23.1 Å². The van der Waals surface area contributed by atoms with Crippen molar-refractivity contribution >= 4 is 28.8 Å². The maximum absolute atomic E-state index is 13.7. The number of benzene rings is 1. The molecular formula is C16H15ClFN3S. The molecule has 3 nitrogen and oxygen atoms in total. The van der Waals surface area contributed by atoms with Crippen molar-refractivity contribution in [3.8, 4) is 0 Å². The molecule has 0 aliphatic carbocycles. The lowest BCUT2D eigenvalue weighted by Crippen LogP contribution is -2.33. The largest absolute Gasteiger partial charge is 0.329 e. The molecule has 3 rings (SSSR count). The van der Waals surface area contributed by atoms with Crippen molar-refractivity contribution in [3.05, 3.63) is 63.0 Å². The molecule has 1 unspecified atom stereocenters. The van der Waals surface area contributed by atoms with Gasteiger partial charge in [-0.15, -0.1) is 11.3 Å². The van der Waals surface area contributed by atoms with Gasteiger partial charge in [-0.3, -0.25) is 4.99 Å². The molecular weight excluding hydrogens is 321 g/mol. The zero-order valence-electron chi connectivity index (χ0n) is 12.3. The van der Waals surface area contributed by atoms with E-state index in [1.54, 1.807) is 12.3 Å². The Morgan fingerprint density at radius 2 is 2.23 bits per heavy atom. The van der Waals surface area contributed by atoms with Crippen LogP contribution in [0.1, 0.15) is 30.5 Å². The van der Waals surface area contributed by atoms with E-state index < -0.39 is 5.82 Å². The first kappa shape index (κ1) is 15.2. The summed E-state index contributed by atoms with van der Waals surface area (Å²) < 4.78 is 13.7. The van der Waals surface area contributed by atoms with Gasteiger partial charge in [-0.25, -0.2) is 9.37 Å². The van der Waals surface area contributed by atoms with Crippen molar-refractivity contribution in [2.45, 2.75) is 19.9 Å². The number of hydrogen-bond donors (Lipinski definition) is 0. The molecule has 0 amide bonds. The van der Waals surface area contributed by atoms with Crippen LogP contribution in [-0.4, -0.2) is 22.3 Å². The molecule has 6 heteroatoms. The Bertz CT molecular complexity index is 740. The van der Waals surface area contributed by atoms with E-state index in [4.69, 9.17) is 16.6 Å². The van der Waals surface area contributed by atoms with E-state index in [0.29, 0.717) is 5.56 Å². The Morgan fingerprint density at radius 3 is 2.91 bits per heavy atom. The third-order valence-corrected chi connectivity index (χ3v) is 4.75. The van der Waals surface area contributed by atoms with Crippen molar-refractivity contribution in [2.24, 2.45) is 4.99 Å². The van der Waals surface area contributed by atoms with Gasteiger partial charge < -0.3 is 4.90 Å². The first-order chi connectivity index (χ1) is 10.6. The van der Waals surface area contributed by atoms with Crippen LogP contribution in [0.5, 0.6) is 0 Å². The number of halogens is 2. The Morgan fingerprint density at radius 1 is 1.41 bits per heavy atom. The van der Waals surface area contributed by atoms with E-state index in [-0.39, 0.29) is 11.1 Å². The molecule has 1 aliphatic rings. The molecule has 0 saturated heterocycles. The average Bonchev–Trinajstić information content (AvgIpc) is 3.03. The minimum absolute atomic E-state index is 0.128. The van der Waals surface area contributed by atoms with Crippen molar-refractivity contribution in [1.29, 1.82) is 0 Å². The summed E-state index contributed by atoms with van der Waals surface area (Å²) in [6.45, 7) is 4.88. The van der Waals surface area contributed by atoms with Crippen molar-refractivity contribution in [1.82, 2.24) is 9.88 Å². The third kappa shape index (κ3) is 2.66. The van der Waals surface area contributed by atoms with Crippen LogP contribution < -0.4 is 0 Å². The van der Waals surface area contributed by atoms with Crippen LogP contribution >= 0.6 is 22.9 Å². The molecule has 1 atom stereocenters. The molecule has 0 saturated carbocycles. The van der Waals surface area contributed by atoms with E-state index in [9.17, 15) is 4.39 Å². The average molecular weight is 336 g/mol. The predicted octanol–water partition coefficient (Wildman–Crippen LogP) is 4.66. The van der Waals surface area contributed by atoms with Gasteiger partial charge in [0.25, 0.3) is 0 Å². The van der Waals surface area contributed by atoms with Crippen molar-refractivity contribution < 1.29 is 4.39 Å². The van der Waals surface area contributed by atoms with Crippen molar-refractivity contribution in [3.63, 3.8) is 0 Å². The van der Waals surface area contributed by atoms with Crippen LogP contribution in [0.25, 0.3) is 0 Å². The molecule has 2 heterocycles. The molecule has 2 aromatic rings. The molecule has 1 aliphatic heterocycles. The fourth-order valence-corrected chi connectivity index (χ4v) is 3.41. The molecule has 1 aromatic heterocycles. The van der Waals surface area contributed by atoms with Crippen LogP contribution in [0.15, 0.2) is 46.5 Å². The molecule has 0 radical (unpaired) electrons. The second-order valence-corrected chi connectivity index (χ2v) is 6.20. The minimum atomic E-state index is -0.422. The summed E-state index contributed by atoms with van der Waals surface area (Å²) in [6.07, 6.45) is 3.76. The first-order valence-corrected chi connectivity index (χ1v) is 8.25. The quantitative estimate of drug-likeness (QED) is 0.816. The zero-order chi connectivity index (χ0) is 15.7. The van der Waals surface area contributed by atoms with E-state index in [2.05, 4.69) is 16.8 Å². The molecule has 0 spiro atoms. The number of aromatic nitrogens is 1. The van der Waals surface area contributed by atoms with Gasteiger partial charge in [0.2, 0.25) is 0 Å². The Kier molecular flexibility index (Phi) is 4.27. The van der Waals surface area contributed by atoms with Gasteiger partial charge in [0.1, 0.15) is 5.82 Å². The lowest BCUT2D eigenvalue weighted by Gasteiger charge is -2.30. The monoisotopic (exact) mass is 335 g/mol. The zero-order valence-corrected chi connectivity index (χ0v) is 13.8. The highest BCUT2D eigenvalue weighted by Crippen LogP contribution is 2.33. The summed E-state index contributed by atoms with van der Waals surface area (Å²) in [5.41, 5.74) is 1.74. The second-order valence-electron chi connectivity index (χ2n) is 4.93. The highest BCUT2D eigenvalue weighted by atomic mass is 35.5. The lowest BCUT2D eigenvalue weighted by molar-refractivity contribution is 0.517. The number of thiazole rings is 1. The second kappa shape index (κ2) is 6.18. The fourth-order valence-electron chi connectivity index (χ4n) is 2.54. The third-order valence-electron chi connectivity index (χ3n) is 3.58. The summed E-state index contributed by atoms with van der Waals surface area (Å²) in [7, 11) is 0. The smallest absolute Gasteiger partial charge is 0.165 e. The Balaban J connectivity index is 2.09. The topological polar surface area (TPSA) is 28.5 Å². The number of amidine groups is 1. The molecule has 0 N–H and O–H groups in total. The summed E-state index contributed by atoms with van der Waals surface area (Å²) in [6, 6.07) is 4.52. The predicted molar refractivity (Wildman–Crippen MR) is 88.9 cm³/mol. The lowest BCUT2D eigenvalue weighted by atomic mass is 10.0. The normalized spacial score (nSPS) is 18.2. The van der Waals surface area contributed by atoms with E-state index in [1.807, 2.05) is 24.4 Å². The van der Waals surface area contributed by atoms with Crippen LogP contribution in [0.4, 0.5) is 4.39 Å². The first-order valence-electron chi connectivity index (χ1n) is 6.99. The number of aliphatic imine (C=N–C) groups is 1. The SMILES string of the molecule is CCN1C(C)=CC(c2cccc(F)c2Cl)N=C1c1nccs1. The molecule has 0 fully saturated rings. The van der Waals surface area contributed by atoms with Crippen LogP contribution in [0.3, 0.4) is 0 Å². The summed E-state index contributed by atoms with van der Waals surface area (Å²) >= 11 is 7.65. The van der Waals surface area contributed by atoms with Crippen LogP contribution in [0, 0.1) is 5.82 Å². The van der Waals surface area contributed by atoms with Gasteiger partial charge in [0.15, 0.2) is 10.8 Å². The standard InChI is InChI=1S/C16H15ClFN3S/c1-3-21-10(2)9-13(11-5-4-6-12(18)14(11)17)20-15(21)16-19-7-8-22-16/h4-9,13H,3H2,1-2H3. The highest BCUT2D eigenvalue weighted by Gasteiger charge is 2.25. The van der Waals surface area contributed by atoms with E-state index >= 15 is 0 Å². The van der Waals surface area contributed by atoms with Crippen LogP contribution in [-0.2, 0) is 0 Å². The van der Waals surface area contributed by atoms with Crippen LogP contribution in [0.2, 0.25) is 5.02 Å². The van der Waals surface area contributed by atoms with Gasteiger partial charge in [0, 0.05) is 29.4 Å². The summed E-state index contributed by atoms with van der Waals surface area (Å²) in [5, 5.41) is 2.90. The molecule has 1 aromatic carbocycles. The van der Waals surface area contributed by atoms with Gasteiger partial charge in [-0.1, -0.05) is 23.7 Å². The van der Waals surface area contributed by atoms with Gasteiger partial charge in [-0.2, -0.15) is 0 Å². The number of hydrogen-bond acceptors (Lipinski definition) is 4. The Labute approximate surface area is 137 Å². The maximum Gasteiger partial charge on any atom is 0.165 e. The Hall–Kier alpha value is -1.72. The highest BCUT2D eigenvalue weighted by molar-refractivity contribution is 7.11. The van der Waals surface area contributed by atoms with Gasteiger partial charge in [-0.05, 0) is 26.0 Å².